The molecule has 0 nitrogen and oxygen atoms in total. The van der Waals surface area contributed by atoms with Gasteiger partial charge in [0.25, 0.3) is 0 Å². The third kappa shape index (κ3) is 3.07. The van der Waals surface area contributed by atoms with Crippen molar-refractivity contribution in [3.63, 3.8) is 0 Å². The van der Waals surface area contributed by atoms with Crippen molar-refractivity contribution in [2.24, 2.45) is 0 Å². The molecule has 148 valence electrons. The average Bonchev–Trinajstić information content (AvgIpc) is 3.27. The Kier molecular flexibility index (Phi) is 5.00. The summed E-state index contributed by atoms with van der Waals surface area (Å²) in [5, 5.41) is 0.460. The van der Waals surface area contributed by atoms with E-state index in [2.05, 4.69) is 96.0 Å². The first-order chi connectivity index (χ1) is 13.9. The van der Waals surface area contributed by atoms with Crippen molar-refractivity contribution in [2.45, 2.75) is 51.7 Å². The zero-order chi connectivity index (χ0) is 20.4. The lowest BCUT2D eigenvalue weighted by Crippen LogP contribution is -2.10. The summed E-state index contributed by atoms with van der Waals surface area (Å²) in [6.45, 7) is 9.08. The Morgan fingerprint density at radius 1 is 1.00 bits per heavy atom. The number of fused-ring (bicyclic) bond motifs is 3. The normalized spacial score (nSPS) is 25.2. The fourth-order valence-corrected chi connectivity index (χ4v) is 7.96. The van der Waals surface area contributed by atoms with E-state index < -0.39 is 0 Å². The molecule has 1 aliphatic heterocycles. The summed E-state index contributed by atoms with van der Waals surface area (Å²) in [6.07, 6.45) is 9.56. The standard InChI is InChI=1S/C26H24Br2S/c1-13-10-21-19(6-5-7-23(21)27)17(13)8-9-18-14(2)11-22-20(18)12-24-25(26(22)28)15(3)16(4)29-24/h5-7,10-12,17,24H,8-9H2,1-4H3. The van der Waals surface area contributed by atoms with Gasteiger partial charge in [0, 0.05) is 14.9 Å². The molecule has 0 fully saturated rings. The lowest BCUT2D eigenvalue weighted by molar-refractivity contribution is 0.712. The molecular weight excluding hydrogens is 504 g/mol. The smallest absolute Gasteiger partial charge is 0.0544 e. The Labute approximate surface area is 194 Å². The van der Waals surface area contributed by atoms with Crippen LogP contribution in [-0.4, -0.2) is 5.25 Å². The summed E-state index contributed by atoms with van der Waals surface area (Å²) in [6, 6.07) is 6.62. The van der Waals surface area contributed by atoms with Crippen LogP contribution in [0.5, 0.6) is 0 Å². The maximum Gasteiger partial charge on any atom is 0.0544 e. The molecule has 2 atom stereocenters. The van der Waals surface area contributed by atoms with Gasteiger partial charge < -0.3 is 0 Å². The van der Waals surface area contributed by atoms with E-state index in [4.69, 9.17) is 0 Å². The molecule has 0 bridgehead atoms. The van der Waals surface area contributed by atoms with E-state index in [-0.39, 0.29) is 0 Å². The van der Waals surface area contributed by atoms with E-state index in [0.717, 1.165) is 6.42 Å². The Balaban J connectivity index is 1.41. The summed E-state index contributed by atoms with van der Waals surface area (Å²) in [5.41, 5.74) is 13.1. The SMILES string of the molecule is CC1=Cc2c(Br)cccc2C1CCC1=C(C)C=C2C1=CC1SC(C)=C(C)C1=C2Br. The van der Waals surface area contributed by atoms with Crippen LogP contribution in [0.25, 0.3) is 6.08 Å². The highest BCUT2D eigenvalue weighted by atomic mass is 79.9. The van der Waals surface area contributed by atoms with Gasteiger partial charge in [-0.25, -0.2) is 0 Å². The quantitative estimate of drug-likeness (QED) is 0.377. The minimum atomic E-state index is 0.460. The van der Waals surface area contributed by atoms with Crippen molar-refractivity contribution >= 4 is 49.7 Å². The van der Waals surface area contributed by atoms with Crippen LogP contribution in [0.15, 0.2) is 83.2 Å². The van der Waals surface area contributed by atoms with Crippen molar-refractivity contribution in [3.05, 3.63) is 94.4 Å². The van der Waals surface area contributed by atoms with E-state index >= 15 is 0 Å². The Bertz CT molecular complexity index is 1140. The molecule has 3 heteroatoms. The summed E-state index contributed by atoms with van der Waals surface area (Å²) in [5.74, 6) is 0.526. The van der Waals surface area contributed by atoms with Crippen molar-refractivity contribution < 1.29 is 0 Å². The van der Waals surface area contributed by atoms with E-state index in [9.17, 15) is 0 Å². The third-order valence-electron chi connectivity index (χ3n) is 6.83. The molecule has 2 unspecified atom stereocenters. The molecular formula is C26H24Br2S. The largest absolute Gasteiger partial charge is 0.118 e. The van der Waals surface area contributed by atoms with Crippen LogP contribution in [-0.2, 0) is 0 Å². The third-order valence-corrected chi connectivity index (χ3v) is 9.66. The fraction of sp³-hybridized carbons (Fsp3) is 0.308. The van der Waals surface area contributed by atoms with Gasteiger partial charge in [-0.05, 0) is 118 Å². The summed E-state index contributed by atoms with van der Waals surface area (Å²) in [7, 11) is 0. The minimum Gasteiger partial charge on any atom is -0.118 e. The molecule has 1 heterocycles. The topological polar surface area (TPSA) is 0 Å². The molecule has 0 amide bonds. The Hall–Kier alpha value is -1.03. The van der Waals surface area contributed by atoms with E-state index in [1.807, 2.05) is 11.8 Å². The van der Waals surface area contributed by atoms with Gasteiger partial charge in [0.1, 0.15) is 0 Å². The van der Waals surface area contributed by atoms with Crippen LogP contribution in [0.3, 0.4) is 0 Å². The van der Waals surface area contributed by atoms with E-state index in [1.165, 1.54) is 70.4 Å². The molecule has 5 rings (SSSR count). The van der Waals surface area contributed by atoms with Gasteiger partial charge >= 0.3 is 0 Å². The minimum absolute atomic E-state index is 0.460. The molecule has 0 saturated heterocycles. The van der Waals surface area contributed by atoms with Crippen LogP contribution >= 0.6 is 43.6 Å². The van der Waals surface area contributed by atoms with Crippen molar-refractivity contribution in [1.82, 2.24) is 0 Å². The molecule has 0 spiro atoms. The number of halogens is 2. The van der Waals surface area contributed by atoms with Gasteiger partial charge in [-0.3, -0.25) is 0 Å². The molecule has 0 radical (unpaired) electrons. The monoisotopic (exact) mass is 526 g/mol. The first kappa shape index (κ1) is 19.9. The zero-order valence-electron chi connectivity index (χ0n) is 17.2. The number of hydrogen-bond acceptors (Lipinski definition) is 1. The second kappa shape index (κ2) is 7.28. The van der Waals surface area contributed by atoms with Crippen molar-refractivity contribution in [3.8, 4) is 0 Å². The first-order valence-electron chi connectivity index (χ1n) is 10.2. The zero-order valence-corrected chi connectivity index (χ0v) is 21.2. The first-order valence-corrected chi connectivity index (χ1v) is 12.7. The van der Waals surface area contributed by atoms with Crippen LogP contribution in [0, 0.1) is 0 Å². The van der Waals surface area contributed by atoms with Gasteiger partial charge in [-0.15, -0.1) is 11.8 Å². The van der Waals surface area contributed by atoms with Gasteiger partial charge in [0.05, 0.1) is 5.25 Å². The number of thioether (sulfide) groups is 1. The lowest BCUT2D eigenvalue weighted by atomic mass is 9.85. The Morgan fingerprint density at radius 3 is 2.59 bits per heavy atom. The highest BCUT2D eigenvalue weighted by Crippen LogP contribution is 2.54. The molecule has 0 aromatic heterocycles. The van der Waals surface area contributed by atoms with Gasteiger partial charge in [-0.1, -0.05) is 45.8 Å². The van der Waals surface area contributed by atoms with E-state index in [1.54, 1.807) is 0 Å². The Morgan fingerprint density at radius 2 is 1.79 bits per heavy atom. The van der Waals surface area contributed by atoms with Crippen molar-refractivity contribution in [2.75, 3.05) is 0 Å². The highest BCUT2D eigenvalue weighted by Gasteiger charge is 2.35. The number of rotatable bonds is 3. The van der Waals surface area contributed by atoms with Crippen LogP contribution in [0.4, 0.5) is 0 Å². The molecule has 1 aromatic carbocycles. The average molecular weight is 528 g/mol. The maximum atomic E-state index is 3.96. The number of allylic oxidation sites excluding steroid dienone is 9. The summed E-state index contributed by atoms with van der Waals surface area (Å²) in [4.78, 5) is 1.45. The molecule has 0 N–H and O–H groups in total. The summed E-state index contributed by atoms with van der Waals surface area (Å²) >= 11 is 9.69. The fourth-order valence-electron chi connectivity index (χ4n) is 5.16. The number of hydrogen-bond donors (Lipinski definition) is 0. The molecule has 3 aliphatic carbocycles. The van der Waals surface area contributed by atoms with Crippen LogP contribution < -0.4 is 0 Å². The van der Waals surface area contributed by atoms with Crippen molar-refractivity contribution in [1.29, 1.82) is 0 Å². The maximum absolute atomic E-state index is 3.96. The lowest BCUT2D eigenvalue weighted by Gasteiger charge is -2.23. The molecule has 29 heavy (non-hydrogen) atoms. The number of benzene rings is 1. The highest BCUT2D eigenvalue weighted by molar-refractivity contribution is 9.12. The van der Waals surface area contributed by atoms with Gasteiger partial charge in [-0.2, -0.15) is 0 Å². The second-order valence-corrected chi connectivity index (χ2v) is 11.5. The summed E-state index contributed by atoms with van der Waals surface area (Å²) < 4.78 is 2.52. The predicted molar refractivity (Wildman–Crippen MR) is 134 cm³/mol. The predicted octanol–water partition coefficient (Wildman–Crippen LogP) is 8.98. The van der Waals surface area contributed by atoms with Crippen LogP contribution in [0.1, 0.15) is 57.6 Å². The van der Waals surface area contributed by atoms with Crippen LogP contribution in [0.2, 0.25) is 0 Å². The van der Waals surface area contributed by atoms with Gasteiger partial charge in [0.15, 0.2) is 0 Å². The molecule has 4 aliphatic rings. The molecule has 1 aromatic rings. The second-order valence-electron chi connectivity index (χ2n) is 8.47. The molecule has 0 saturated carbocycles. The van der Waals surface area contributed by atoms with Gasteiger partial charge in [0.2, 0.25) is 0 Å². The van der Waals surface area contributed by atoms with E-state index in [0.29, 0.717) is 11.2 Å².